The molecule has 0 fully saturated rings. The molecule has 19 heavy (non-hydrogen) atoms. The number of amides is 2. The monoisotopic (exact) mass is 270 g/mol. The predicted octanol–water partition coefficient (Wildman–Crippen LogP) is -0.890. The Labute approximate surface area is 108 Å². The second kappa shape index (κ2) is 6.99. The van der Waals surface area contributed by atoms with Crippen LogP contribution in [0, 0.1) is 0 Å². The van der Waals surface area contributed by atoms with E-state index in [2.05, 4.69) is 15.7 Å². The molecule has 0 aromatic carbocycles. The molecule has 0 bridgehead atoms. The average Bonchev–Trinajstić information content (AvgIpc) is 2.80. The summed E-state index contributed by atoms with van der Waals surface area (Å²) in [5, 5.41) is 25.6. The predicted molar refractivity (Wildman–Crippen MR) is 62.4 cm³/mol. The SMILES string of the molecule is O=C(O)C[C@H](NC(=O)NCCn1cccn1)C(=O)O. The zero-order valence-electron chi connectivity index (χ0n) is 9.94. The number of carboxylic acids is 2. The molecule has 1 atom stereocenters. The van der Waals surface area contributed by atoms with Gasteiger partial charge in [-0.05, 0) is 6.07 Å². The Bertz CT molecular complexity index is 445. The smallest absolute Gasteiger partial charge is 0.326 e. The Kier molecular flexibility index (Phi) is 5.33. The molecule has 0 saturated carbocycles. The molecule has 0 aliphatic carbocycles. The van der Waals surface area contributed by atoms with Gasteiger partial charge in [-0.1, -0.05) is 0 Å². The molecule has 0 unspecified atom stereocenters. The number of urea groups is 1. The van der Waals surface area contributed by atoms with E-state index in [0.29, 0.717) is 6.54 Å². The third-order valence-corrected chi connectivity index (χ3v) is 2.17. The van der Waals surface area contributed by atoms with Crippen LogP contribution in [-0.4, -0.2) is 50.5 Å². The Balaban J connectivity index is 2.32. The lowest BCUT2D eigenvalue weighted by atomic mass is 10.2. The highest BCUT2D eigenvalue weighted by Crippen LogP contribution is 1.92. The van der Waals surface area contributed by atoms with Crippen molar-refractivity contribution in [1.82, 2.24) is 20.4 Å². The van der Waals surface area contributed by atoms with Crippen LogP contribution in [0.5, 0.6) is 0 Å². The fraction of sp³-hybridized carbons (Fsp3) is 0.400. The number of nitrogens with zero attached hydrogens (tertiary/aromatic N) is 2. The van der Waals surface area contributed by atoms with Gasteiger partial charge in [-0.15, -0.1) is 0 Å². The zero-order valence-corrected chi connectivity index (χ0v) is 9.94. The van der Waals surface area contributed by atoms with Gasteiger partial charge in [0.1, 0.15) is 6.04 Å². The topological polar surface area (TPSA) is 134 Å². The van der Waals surface area contributed by atoms with E-state index in [0.717, 1.165) is 0 Å². The lowest BCUT2D eigenvalue weighted by Crippen LogP contribution is -2.47. The standard InChI is InChI=1S/C10H14N4O5/c15-8(16)6-7(9(17)18)13-10(19)11-3-5-14-4-1-2-12-14/h1-2,4,7H,3,5-6H2,(H,15,16)(H,17,18)(H2,11,13,19)/t7-/m0/s1. The second-order valence-electron chi connectivity index (χ2n) is 3.66. The van der Waals surface area contributed by atoms with E-state index < -0.39 is 30.4 Å². The second-order valence-corrected chi connectivity index (χ2v) is 3.66. The molecule has 9 heteroatoms. The van der Waals surface area contributed by atoms with Crippen LogP contribution in [0.2, 0.25) is 0 Å². The van der Waals surface area contributed by atoms with Crippen LogP contribution < -0.4 is 10.6 Å². The third kappa shape index (κ3) is 5.52. The van der Waals surface area contributed by atoms with Crippen molar-refractivity contribution in [2.24, 2.45) is 0 Å². The van der Waals surface area contributed by atoms with Crippen LogP contribution in [0.25, 0.3) is 0 Å². The summed E-state index contributed by atoms with van der Waals surface area (Å²) < 4.78 is 1.59. The quantitative estimate of drug-likeness (QED) is 0.508. The Morgan fingerprint density at radius 1 is 1.32 bits per heavy atom. The van der Waals surface area contributed by atoms with E-state index in [-0.39, 0.29) is 6.54 Å². The van der Waals surface area contributed by atoms with Crippen molar-refractivity contribution < 1.29 is 24.6 Å². The summed E-state index contributed by atoms with van der Waals surface area (Å²) >= 11 is 0. The first-order valence-electron chi connectivity index (χ1n) is 5.45. The number of rotatable bonds is 7. The highest BCUT2D eigenvalue weighted by atomic mass is 16.4. The fourth-order valence-corrected chi connectivity index (χ4v) is 1.30. The fourth-order valence-electron chi connectivity index (χ4n) is 1.30. The maximum atomic E-state index is 11.4. The van der Waals surface area contributed by atoms with Crippen molar-refractivity contribution >= 4 is 18.0 Å². The number of aliphatic carboxylic acids is 2. The van der Waals surface area contributed by atoms with Gasteiger partial charge in [0.05, 0.1) is 13.0 Å². The number of carbonyl (C=O) groups excluding carboxylic acids is 1. The van der Waals surface area contributed by atoms with Crippen LogP contribution in [-0.2, 0) is 16.1 Å². The number of nitrogens with one attached hydrogen (secondary N) is 2. The van der Waals surface area contributed by atoms with E-state index in [1.165, 1.54) is 0 Å². The highest BCUT2D eigenvalue weighted by Gasteiger charge is 2.22. The number of carboxylic acid groups (broad SMARTS) is 2. The molecule has 0 saturated heterocycles. The average molecular weight is 270 g/mol. The maximum absolute atomic E-state index is 11.4. The van der Waals surface area contributed by atoms with Gasteiger partial charge >= 0.3 is 18.0 Å². The highest BCUT2D eigenvalue weighted by molar-refractivity contribution is 5.86. The molecule has 1 aromatic rings. The molecule has 104 valence electrons. The summed E-state index contributed by atoms with van der Waals surface area (Å²) in [5.74, 6) is -2.70. The lowest BCUT2D eigenvalue weighted by Gasteiger charge is -2.13. The Hall–Kier alpha value is -2.58. The first-order chi connectivity index (χ1) is 8.99. The number of carbonyl (C=O) groups is 3. The molecule has 4 N–H and O–H groups in total. The molecule has 9 nitrogen and oxygen atoms in total. The molecule has 2 amide bonds. The summed E-state index contributed by atoms with van der Waals surface area (Å²) in [4.78, 5) is 32.5. The van der Waals surface area contributed by atoms with Crippen molar-refractivity contribution in [2.45, 2.75) is 19.0 Å². The lowest BCUT2D eigenvalue weighted by molar-refractivity contribution is -0.145. The van der Waals surface area contributed by atoms with Gasteiger partial charge in [0.25, 0.3) is 0 Å². The van der Waals surface area contributed by atoms with Gasteiger partial charge in [0.15, 0.2) is 0 Å². The first-order valence-corrected chi connectivity index (χ1v) is 5.45. The van der Waals surface area contributed by atoms with Crippen molar-refractivity contribution in [3.8, 4) is 0 Å². The molecule has 1 aromatic heterocycles. The van der Waals surface area contributed by atoms with E-state index in [1.54, 1.807) is 23.1 Å². The molecule has 0 spiro atoms. The van der Waals surface area contributed by atoms with E-state index in [9.17, 15) is 14.4 Å². The van der Waals surface area contributed by atoms with Gasteiger partial charge < -0.3 is 20.8 Å². The van der Waals surface area contributed by atoms with E-state index >= 15 is 0 Å². The van der Waals surface area contributed by atoms with Gasteiger partial charge in [-0.3, -0.25) is 9.48 Å². The van der Waals surface area contributed by atoms with Gasteiger partial charge in [0, 0.05) is 18.9 Å². The molecule has 1 heterocycles. The summed E-state index contributed by atoms with van der Waals surface area (Å²) in [5.41, 5.74) is 0. The third-order valence-electron chi connectivity index (χ3n) is 2.17. The van der Waals surface area contributed by atoms with Crippen molar-refractivity contribution in [3.63, 3.8) is 0 Å². The minimum atomic E-state index is -1.46. The minimum absolute atomic E-state index is 0.243. The summed E-state index contributed by atoms with van der Waals surface area (Å²) in [7, 11) is 0. The molecule has 0 aliphatic heterocycles. The van der Waals surface area contributed by atoms with Crippen molar-refractivity contribution in [3.05, 3.63) is 18.5 Å². The number of hydrogen-bond donors (Lipinski definition) is 4. The van der Waals surface area contributed by atoms with Crippen molar-refractivity contribution in [2.75, 3.05) is 6.54 Å². The van der Waals surface area contributed by atoms with Crippen molar-refractivity contribution in [1.29, 1.82) is 0 Å². The van der Waals surface area contributed by atoms with Crippen LogP contribution in [0.15, 0.2) is 18.5 Å². The van der Waals surface area contributed by atoms with E-state index in [1.807, 2.05) is 0 Å². The van der Waals surface area contributed by atoms with Crippen LogP contribution in [0.1, 0.15) is 6.42 Å². The zero-order chi connectivity index (χ0) is 14.3. The Morgan fingerprint density at radius 2 is 2.05 bits per heavy atom. The number of hydrogen-bond acceptors (Lipinski definition) is 4. The van der Waals surface area contributed by atoms with Crippen LogP contribution in [0.3, 0.4) is 0 Å². The van der Waals surface area contributed by atoms with Gasteiger partial charge in [-0.25, -0.2) is 9.59 Å². The largest absolute Gasteiger partial charge is 0.481 e. The van der Waals surface area contributed by atoms with Crippen LogP contribution >= 0.6 is 0 Å². The van der Waals surface area contributed by atoms with Crippen LogP contribution in [0.4, 0.5) is 4.79 Å². The molecular weight excluding hydrogens is 256 g/mol. The maximum Gasteiger partial charge on any atom is 0.326 e. The first kappa shape index (κ1) is 14.5. The molecular formula is C10H14N4O5. The van der Waals surface area contributed by atoms with E-state index in [4.69, 9.17) is 10.2 Å². The number of aromatic nitrogens is 2. The normalized spacial score (nSPS) is 11.6. The summed E-state index contributed by atoms with van der Waals surface area (Å²) in [6.07, 6.45) is 2.62. The Morgan fingerprint density at radius 3 is 2.58 bits per heavy atom. The molecule has 0 radical (unpaired) electrons. The molecule has 0 aliphatic rings. The summed E-state index contributed by atoms with van der Waals surface area (Å²) in [6.45, 7) is 0.671. The summed E-state index contributed by atoms with van der Waals surface area (Å²) in [6, 6.07) is -0.462. The minimum Gasteiger partial charge on any atom is -0.481 e. The van der Waals surface area contributed by atoms with Gasteiger partial charge in [-0.2, -0.15) is 5.10 Å². The molecule has 1 rings (SSSR count). The van der Waals surface area contributed by atoms with Gasteiger partial charge in [0.2, 0.25) is 0 Å².